The van der Waals surface area contributed by atoms with Crippen molar-refractivity contribution in [3.63, 3.8) is 0 Å². The third kappa shape index (κ3) is 5.01. The lowest BCUT2D eigenvalue weighted by Gasteiger charge is -2.14. The number of anilines is 1. The van der Waals surface area contributed by atoms with Gasteiger partial charge in [-0.2, -0.15) is 13.2 Å². The number of benzene rings is 1. The van der Waals surface area contributed by atoms with Gasteiger partial charge in [0, 0.05) is 22.7 Å². The minimum atomic E-state index is -4.56. The summed E-state index contributed by atoms with van der Waals surface area (Å²) in [6.45, 7) is 3.12. The van der Waals surface area contributed by atoms with Gasteiger partial charge >= 0.3 is 6.18 Å². The molecule has 0 saturated carbocycles. The Morgan fingerprint density at radius 1 is 1.23 bits per heavy atom. The lowest BCUT2D eigenvalue weighted by atomic mass is 10.1. The van der Waals surface area contributed by atoms with Gasteiger partial charge in [-0.05, 0) is 19.1 Å². The van der Waals surface area contributed by atoms with Crippen molar-refractivity contribution in [2.24, 2.45) is 5.92 Å². The van der Waals surface area contributed by atoms with E-state index in [4.69, 9.17) is 0 Å². The molecule has 0 spiro atoms. The van der Waals surface area contributed by atoms with Crippen LogP contribution in [0, 0.1) is 18.7 Å². The molecule has 0 heterocycles. The van der Waals surface area contributed by atoms with E-state index in [1.165, 1.54) is 6.92 Å². The van der Waals surface area contributed by atoms with Crippen LogP contribution in [0.15, 0.2) is 12.1 Å². The summed E-state index contributed by atoms with van der Waals surface area (Å²) in [4.78, 5) is 23.3. The van der Waals surface area contributed by atoms with Crippen LogP contribution in [0.1, 0.15) is 29.8 Å². The Morgan fingerprint density at radius 2 is 1.82 bits per heavy atom. The van der Waals surface area contributed by atoms with Crippen LogP contribution >= 0.6 is 0 Å². The van der Waals surface area contributed by atoms with Gasteiger partial charge in [0.1, 0.15) is 12.4 Å². The second-order valence-electron chi connectivity index (χ2n) is 5.07. The molecule has 1 rings (SSSR count). The second kappa shape index (κ2) is 6.76. The number of halogens is 4. The molecule has 0 aliphatic heterocycles. The highest BCUT2D eigenvalue weighted by Gasteiger charge is 2.28. The summed E-state index contributed by atoms with van der Waals surface area (Å²) >= 11 is 0. The smallest absolute Gasteiger partial charge is 0.343 e. The van der Waals surface area contributed by atoms with Gasteiger partial charge in [0.25, 0.3) is 5.91 Å². The number of nitrogens with one attached hydrogen (secondary N) is 2. The zero-order chi connectivity index (χ0) is 17.1. The van der Waals surface area contributed by atoms with Crippen molar-refractivity contribution in [3.8, 4) is 0 Å². The number of alkyl halides is 3. The minimum Gasteiger partial charge on any atom is -0.343 e. The maximum absolute atomic E-state index is 13.8. The third-order valence-corrected chi connectivity index (χ3v) is 2.84. The first-order valence-corrected chi connectivity index (χ1v) is 6.47. The molecule has 0 bridgehead atoms. The maximum atomic E-state index is 13.8. The molecule has 2 N–H and O–H groups in total. The molecule has 0 aromatic heterocycles. The predicted octanol–water partition coefficient (Wildman–Crippen LogP) is 3.02. The molecule has 1 aromatic carbocycles. The summed E-state index contributed by atoms with van der Waals surface area (Å²) < 4.78 is 50.0. The molecule has 0 saturated heterocycles. The molecule has 22 heavy (non-hydrogen) atoms. The van der Waals surface area contributed by atoms with Crippen molar-refractivity contribution in [1.82, 2.24) is 5.32 Å². The van der Waals surface area contributed by atoms with Crippen molar-refractivity contribution in [3.05, 3.63) is 29.1 Å². The van der Waals surface area contributed by atoms with Crippen LogP contribution in [-0.4, -0.2) is 24.5 Å². The summed E-state index contributed by atoms with van der Waals surface area (Å²) in [5, 5.41) is 4.08. The Balaban J connectivity index is 3.00. The van der Waals surface area contributed by atoms with Crippen LogP contribution in [0.5, 0.6) is 0 Å². The van der Waals surface area contributed by atoms with Crippen molar-refractivity contribution in [1.29, 1.82) is 0 Å². The highest BCUT2D eigenvalue weighted by atomic mass is 19.4. The second-order valence-corrected chi connectivity index (χ2v) is 5.07. The molecule has 0 aliphatic carbocycles. The first-order valence-electron chi connectivity index (χ1n) is 6.47. The molecule has 122 valence electrons. The predicted molar refractivity (Wildman–Crippen MR) is 73.0 cm³/mol. The highest BCUT2D eigenvalue weighted by molar-refractivity contribution is 5.98. The monoisotopic (exact) mass is 320 g/mol. The quantitative estimate of drug-likeness (QED) is 0.838. The molecular formula is C14H16F4N2O2. The number of rotatable bonds is 4. The van der Waals surface area contributed by atoms with Crippen LogP contribution in [0.4, 0.5) is 23.2 Å². The van der Waals surface area contributed by atoms with Crippen LogP contribution in [0.2, 0.25) is 0 Å². The Bertz CT molecular complexity index is 583. The van der Waals surface area contributed by atoms with E-state index in [9.17, 15) is 27.2 Å². The third-order valence-electron chi connectivity index (χ3n) is 2.84. The SMILES string of the molecule is Cc1c(F)cc(C(=O)NCC(F)(F)F)cc1NC(=O)C(C)C. The van der Waals surface area contributed by atoms with Crippen LogP contribution in [0.3, 0.4) is 0 Å². The lowest BCUT2D eigenvalue weighted by Crippen LogP contribution is -2.33. The zero-order valence-electron chi connectivity index (χ0n) is 12.3. The maximum Gasteiger partial charge on any atom is 0.405 e. The Labute approximate surface area is 124 Å². The molecule has 0 unspecified atom stereocenters. The number of carbonyl (C=O) groups excluding carboxylic acids is 2. The van der Waals surface area contributed by atoms with Gasteiger partial charge in [-0.3, -0.25) is 9.59 Å². The van der Waals surface area contributed by atoms with Crippen LogP contribution < -0.4 is 10.6 Å². The average Bonchev–Trinajstić information content (AvgIpc) is 2.39. The molecule has 0 aliphatic rings. The Morgan fingerprint density at radius 3 is 2.32 bits per heavy atom. The molecule has 0 atom stereocenters. The number of hydrogen-bond donors (Lipinski definition) is 2. The largest absolute Gasteiger partial charge is 0.405 e. The van der Waals surface area contributed by atoms with Gasteiger partial charge in [-0.25, -0.2) is 4.39 Å². The lowest BCUT2D eigenvalue weighted by molar-refractivity contribution is -0.123. The number of hydrogen-bond acceptors (Lipinski definition) is 2. The van der Waals surface area contributed by atoms with Crippen molar-refractivity contribution in [2.75, 3.05) is 11.9 Å². The zero-order valence-corrected chi connectivity index (χ0v) is 12.3. The van der Waals surface area contributed by atoms with E-state index in [2.05, 4.69) is 5.32 Å². The highest BCUT2D eigenvalue weighted by Crippen LogP contribution is 2.22. The van der Waals surface area contributed by atoms with Gasteiger partial charge in [0.05, 0.1) is 0 Å². The number of carbonyl (C=O) groups is 2. The van der Waals surface area contributed by atoms with Crippen molar-refractivity contribution in [2.45, 2.75) is 26.9 Å². The van der Waals surface area contributed by atoms with Crippen molar-refractivity contribution < 1.29 is 27.2 Å². The van der Waals surface area contributed by atoms with E-state index in [0.717, 1.165) is 12.1 Å². The topological polar surface area (TPSA) is 58.2 Å². The molecule has 2 amide bonds. The fourth-order valence-electron chi connectivity index (χ4n) is 1.50. The fraction of sp³-hybridized carbons (Fsp3) is 0.429. The average molecular weight is 320 g/mol. The van der Waals surface area contributed by atoms with Gasteiger partial charge in [0.15, 0.2) is 0 Å². The van der Waals surface area contributed by atoms with Gasteiger partial charge in [0.2, 0.25) is 5.91 Å². The molecule has 1 aromatic rings. The summed E-state index contributed by atoms with van der Waals surface area (Å²) in [5.74, 6) is -2.63. The summed E-state index contributed by atoms with van der Waals surface area (Å²) in [7, 11) is 0. The van der Waals surface area contributed by atoms with E-state index < -0.39 is 30.4 Å². The van der Waals surface area contributed by atoms with Gasteiger partial charge < -0.3 is 10.6 Å². The molecule has 8 heteroatoms. The summed E-state index contributed by atoms with van der Waals surface area (Å²) in [6, 6.07) is 1.97. The summed E-state index contributed by atoms with van der Waals surface area (Å²) in [6.07, 6.45) is -4.56. The standard InChI is InChI=1S/C14H16F4N2O2/c1-7(2)12(21)20-11-5-9(4-10(15)8(11)3)13(22)19-6-14(16,17)18/h4-5,7H,6H2,1-3H3,(H,19,22)(H,20,21). The fourth-order valence-corrected chi connectivity index (χ4v) is 1.50. The molecule has 4 nitrogen and oxygen atoms in total. The normalized spacial score (nSPS) is 11.5. The van der Waals surface area contributed by atoms with Crippen LogP contribution in [0.25, 0.3) is 0 Å². The van der Waals surface area contributed by atoms with E-state index in [0.29, 0.717) is 0 Å². The van der Waals surface area contributed by atoms with Gasteiger partial charge in [-0.15, -0.1) is 0 Å². The van der Waals surface area contributed by atoms with Crippen LogP contribution in [-0.2, 0) is 4.79 Å². The molecule has 0 radical (unpaired) electrons. The van der Waals surface area contributed by atoms with Gasteiger partial charge in [-0.1, -0.05) is 13.8 Å². The summed E-state index contributed by atoms with van der Waals surface area (Å²) in [5.41, 5.74) is -0.149. The first-order chi connectivity index (χ1) is 10.0. The minimum absolute atomic E-state index is 0.0517. The first kappa shape index (κ1) is 17.9. The molecule has 0 fully saturated rings. The molecular weight excluding hydrogens is 304 g/mol. The number of amides is 2. The van der Waals surface area contributed by atoms with E-state index in [-0.39, 0.29) is 22.7 Å². The van der Waals surface area contributed by atoms with E-state index in [1.54, 1.807) is 19.2 Å². The van der Waals surface area contributed by atoms with E-state index >= 15 is 0 Å². The van der Waals surface area contributed by atoms with E-state index in [1.807, 2.05) is 0 Å². The van der Waals surface area contributed by atoms with Crippen molar-refractivity contribution >= 4 is 17.5 Å². The Hall–Kier alpha value is -2.12. The Kier molecular flexibility index (Phi) is 5.51.